The second-order valence-electron chi connectivity index (χ2n) is 23.9. The van der Waals surface area contributed by atoms with Crippen LogP contribution in [0.2, 0.25) is 0 Å². The molecule has 0 heterocycles. The van der Waals surface area contributed by atoms with E-state index in [1.807, 2.05) is 6.08 Å². The number of allylic oxidation sites excluding steroid dienone is 3. The first-order valence-electron chi connectivity index (χ1n) is 34.6. The zero-order chi connectivity index (χ0) is 55.0. The topological polar surface area (TPSA) is 95.9 Å². The number of nitrogens with one attached hydrogen (secondary N) is 1. The Morgan fingerprint density at radius 2 is 0.618 bits per heavy atom. The van der Waals surface area contributed by atoms with Crippen LogP contribution in [0.1, 0.15) is 386 Å². The van der Waals surface area contributed by atoms with Gasteiger partial charge in [0.25, 0.3) is 0 Å². The van der Waals surface area contributed by atoms with Gasteiger partial charge < -0.3 is 20.3 Å². The molecule has 0 fully saturated rings. The van der Waals surface area contributed by atoms with Gasteiger partial charge in [0.15, 0.2) is 0 Å². The van der Waals surface area contributed by atoms with Gasteiger partial charge in [0.05, 0.1) is 25.4 Å². The largest absolute Gasteiger partial charge is 0.466 e. The zero-order valence-corrected chi connectivity index (χ0v) is 51.5. The number of esters is 1. The van der Waals surface area contributed by atoms with Crippen molar-refractivity contribution in [2.45, 2.75) is 398 Å². The fraction of sp³-hybridized carbons (Fsp3) is 0.914. The van der Waals surface area contributed by atoms with Gasteiger partial charge in [0.1, 0.15) is 0 Å². The lowest BCUT2D eigenvalue weighted by Gasteiger charge is -2.20. The van der Waals surface area contributed by atoms with E-state index >= 15 is 0 Å². The summed E-state index contributed by atoms with van der Waals surface area (Å²) in [6.07, 6.45) is 82.6. The lowest BCUT2D eigenvalue weighted by molar-refractivity contribution is -0.143. The first kappa shape index (κ1) is 74.3. The predicted octanol–water partition coefficient (Wildman–Crippen LogP) is 22.1. The van der Waals surface area contributed by atoms with Crippen LogP contribution in [0, 0.1) is 0 Å². The van der Waals surface area contributed by atoms with Crippen LogP contribution >= 0.6 is 0 Å². The molecule has 0 saturated heterocycles. The molecule has 0 radical (unpaired) electrons. The molecule has 0 aliphatic carbocycles. The molecule has 76 heavy (non-hydrogen) atoms. The molecule has 3 N–H and O–H groups in total. The third kappa shape index (κ3) is 61.6. The molecule has 0 bridgehead atoms. The highest BCUT2D eigenvalue weighted by Gasteiger charge is 2.18. The van der Waals surface area contributed by atoms with Crippen LogP contribution in [0.3, 0.4) is 0 Å². The Kier molecular flexibility index (Phi) is 64.4. The SMILES string of the molecule is CCCCC/C=C\CCCCCCCC(=O)OCCCCCCCCCCCCCCCCCCCCCCCCCCCCCCCCCC(=O)NC(CO)C(O)/C=C/CCCCCCCCCCCCCCCC. The van der Waals surface area contributed by atoms with Crippen molar-refractivity contribution in [1.82, 2.24) is 5.32 Å². The molecule has 450 valence electrons. The normalized spacial score (nSPS) is 12.6. The average Bonchev–Trinajstić information content (AvgIpc) is 3.42. The molecule has 0 rings (SSSR count). The molecule has 1 amide bonds. The van der Waals surface area contributed by atoms with Crippen molar-refractivity contribution in [1.29, 1.82) is 0 Å². The van der Waals surface area contributed by atoms with Gasteiger partial charge in [-0.3, -0.25) is 9.59 Å². The first-order valence-corrected chi connectivity index (χ1v) is 34.6. The molecule has 6 nitrogen and oxygen atoms in total. The molecule has 0 aliphatic rings. The van der Waals surface area contributed by atoms with E-state index in [0.29, 0.717) is 19.4 Å². The molecule has 2 atom stereocenters. The lowest BCUT2D eigenvalue weighted by Crippen LogP contribution is -2.45. The van der Waals surface area contributed by atoms with E-state index in [1.165, 1.54) is 315 Å². The van der Waals surface area contributed by atoms with Crippen LogP contribution in [0.25, 0.3) is 0 Å². The van der Waals surface area contributed by atoms with Gasteiger partial charge in [-0.25, -0.2) is 0 Å². The molecular formula is C70H135NO5. The molecular weight excluding hydrogens is 935 g/mol. The van der Waals surface area contributed by atoms with Gasteiger partial charge in [0.2, 0.25) is 5.91 Å². The van der Waals surface area contributed by atoms with Gasteiger partial charge in [-0.05, 0) is 57.8 Å². The highest BCUT2D eigenvalue weighted by Crippen LogP contribution is 2.19. The van der Waals surface area contributed by atoms with E-state index in [2.05, 4.69) is 31.3 Å². The van der Waals surface area contributed by atoms with Gasteiger partial charge >= 0.3 is 5.97 Å². The Balaban J connectivity index is 3.34. The van der Waals surface area contributed by atoms with Gasteiger partial charge in [-0.1, -0.05) is 340 Å². The van der Waals surface area contributed by atoms with Crippen LogP contribution in [0.4, 0.5) is 0 Å². The van der Waals surface area contributed by atoms with Crippen molar-refractivity contribution < 1.29 is 24.5 Å². The number of aliphatic hydroxyl groups excluding tert-OH is 2. The minimum atomic E-state index is -0.841. The fourth-order valence-corrected chi connectivity index (χ4v) is 10.9. The smallest absolute Gasteiger partial charge is 0.305 e. The second-order valence-corrected chi connectivity index (χ2v) is 23.9. The summed E-state index contributed by atoms with van der Waals surface area (Å²) in [5.74, 6) is -0.0503. The Bertz CT molecular complexity index is 1190. The Hall–Kier alpha value is -1.66. The van der Waals surface area contributed by atoms with Crippen LogP contribution in [0.5, 0.6) is 0 Å². The van der Waals surface area contributed by atoms with Gasteiger partial charge in [-0.15, -0.1) is 0 Å². The van der Waals surface area contributed by atoms with E-state index < -0.39 is 12.1 Å². The summed E-state index contributed by atoms with van der Waals surface area (Å²) in [5, 5.41) is 23.2. The number of carbonyl (C=O) groups is 2. The number of unbranched alkanes of at least 4 members (excludes halogenated alkanes) is 52. The minimum Gasteiger partial charge on any atom is -0.466 e. The second kappa shape index (κ2) is 65.9. The number of amides is 1. The van der Waals surface area contributed by atoms with Crippen molar-refractivity contribution in [2.75, 3.05) is 13.2 Å². The predicted molar refractivity (Wildman–Crippen MR) is 333 cm³/mol. The van der Waals surface area contributed by atoms with E-state index in [4.69, 9.17) is 4.74 Å². The van der Waals surface area contributed by atoms with E-state index in [0.717, 1.165) is 44.9 Å². The van der Waals surface area contributed by atoms with Crippen molar-refractivity contribution >= 4 is 11.9 Å². The van der Waals surface area contributed by atoms with E-state index in [1.54, 1.807) is 6.08 Å². The standard InChI is InChI=1S/C70H135NO5/c1-3-5-7-9-11-13-15-17-18-36-39-42-46-50-54-58-62-68(73)67(66-72)71-69(74)63-59-55-51-47-43-40-37-34-32-30-28-26-24-22-20-19-21-23-25-27-29-31-33-35-38-41-45-49-53-57-61-65-76-70(75)64-60-56-52-48-44-16-14-12-10-8-6-4-2/h12,14,58,62,67-68,72-73H,3-11,13,15-57,59-61,63-66H2,1-2H3,(H,71,74)/b14-12-,62-58+. The molecule has 0 aliphatic heterocycles. The summed E-state index contributed by atoms with van der Waals surface area (Å²) in [7, 11) is 0. The third-order valence-corrected chi connectivity index (χ3v) is 16.2. The third-order valence-electron chi connectivity index (χ3n) is 16.2. The zero-order valence-electron chi connectivity index (χ0n) is 51.5. The maximum atomic E-state index is 12.5. The quantitative estimate of drug-likeness (QED) is 0.0320. The van der Waals surface area contributed by atoms with Crippen LogP contribution in [0.15, 0.2) is 24.3 Å². The maximum absolute atomic E-state index is 12.5. The van der Waals surface area contributed by atoms with Crippen LogP contribution in [-0.2, 0) is 14.3 Å². The van der Waals surface area contributed by atoms with Crippen molar-refractivity contribution in [3.8, 4) is 0 Å². The number of ether oxygens (including phenoxy) is 1. The van der Waals surface area contributed by atoms with Crippen molar-refractivity contribution in [3.05, 3.63) is 24.3 Å². The van der Waals surface area contributed by atoms with Crippen molar-refractivity contribution in [2.24, 2.45) is 0 Å². The molecule has 0 spiro atoms. The maximum Gasteiger partial charge on any atom is 0.305 e. The van der Waals surface area contributed by atoms with Gasteiger partial charge in [0, 0.05) is 12.8 Å². The minimum absolute atomic E-state index is 0.0107. The summed E-state index contributed by atoms with van der Waals surface area (Å²) >= 11 is 0. The Morgan fingerprint density at radius 3 is 0.961 bits per heavy atom. The highest BCUT2D eigenvalue weighted by molar-refractivity contribution is 5.76. The average molecular weight is 1070 g/mol. The number of rotatable bonds is 65. The molecule has 2 unspecified atom stereocenters. The summed E-state index contributed by atoms with van der Waals surface area (Å²) in [6.45, 7) is 4.91. The van der Waals surface area contributed by atoms with E-state index in [-0.39, 0.29) is 18.5 Å². The monoisotopic (exact) mass is 1070 g/mol. The summed E-state index contributed by atoms with van der Waals surface area (Å²) in [5.41, 5.74) is 0. The number of aliphatic hydroxyl groups is 2. The summed E-state index contributed by atoms with van der Waals surface area (Å²) in [6, 6.07) is -0.624. The van der Waals surface area contributed by atoms with Gasteiger partial charge in [-0.2, -0.15) is 0 Å². The molecule has 0 aromatic heterocycles. The lowest BCUT2D eigenvalue weighted by atomic mass is 10.0. The molecule has 6 heteroatoms. The Labute approximate surface area is 475 Å². The molecule has 0 aromatic carbocycles. The first-order chi connectivity index (χ1) is 37.5. The Morgan fingerprint density at radius 1 is 0.355 bits per heavy atom. The number of carbonyl (C=O) groups excluding carboxylic acids is 2. The summed E-state index contributed by atoms with van der Waals surface area (Å²) < 4.78 is 5.48. The molecule has 0 aromatic rings. The summed E-state index contributed by atoms with van der Waals surface area (Å²) in [4.78, 5) is 24.5. The fourth-order valence-electron chi connectivity index (χ4n) is 10.9. The van der Waals surface area contributed by atoms with Crippen LogP contribution in [-0.4, -0.2) is 47.4 Å². The van der Waals surface area contributed by atoms with E-state index in [9.17, 15) is 19.8 Å². The molecule has 0 saturated carbocycles. The van der Waals surface area contributed by atoms with Crippen molar-refractivity contribution in [3.63, 3.8) is 0 Å². The number of hydrogen-bond acceptors (Lipinski definition) is 5. The highest BCUT2D eigenvalue weighted by atomic mass is 16.5. The number of hydrogen-bond donors (Lipinski definition) is 3. The van der Waals surface area contributed by atoms with Crippen LogP contribution < -0.4 is 5.32 Å².